The van der Waals surface area contributed by atoms with Crippen LogP contribution in [0.15, 0.2) is 48.5 Å². The Morgan fingerprint density at radius 3 is 2.72 bits per heavy atom. The van der Waals surface area contributed by atoms with Crippen LogP contribution in [0.25, 0.3) is 11.0 Å². The Morgan fingerprint density at radius 2 is 1.97 bits per heavy atom. The number of imidazole rings is 1. The highest BCUT2D eigenvalue weighted by atomic mass is 19.1. The summed E-state index contributed by atoms with van der Waals surface area (Å²) in [7, 11) is 0. The van der Waals surface area contributed by atoms with Gasteiger partial charge in [-0.05, 0) is 49.1 Å². The number of fused-ring (bicyclic) bond motifs is 1. The van der Waals surface area contributed by atoms with Gasteiger partial charge in [0.15, 0.2) is 0 Å². The average molecular weight is 394 g/mol. The Bertz CT molecular complexity index is 991. The second kappa shape index (κ2) is 8.64. The molecule has 29 heavy (non-hydrogen) atoms. The number of nitrogens with one attached hydrogen (secondary N) is 1. The van der Waals surface area contributed by atoms with Crippen molar-refractivity contribution in [3.8, 4) is 0 Å². The number of hydrogen-bond acceptors (Lipinski definition) is 3. The van der Waals surface area contributed by atoms with Gasteiger partial charge in [0, 0.05) is 25.6 Å². The molecule has 152 valence electrons. The summed E-state index contributed by atoms with van der Waals surface area (Å²) < 4.78 is 15.9. The number of carbonyl (C=O) groups is 1. The highest BCUT2D eigenvalue weighted by Crippen LogP contribution is 2.28. The van der Waals surface area contributed by atoms with E-state index in [4.69, 9.17) is 4.98 Å². The lowest BCUT2D eigenvalue weighted by Crippen LogP contribution is -2.41. The van der Waals surface area contributed by atoms with Crippen LogP contribution in [0.2, 0.25) is 0 Å². The molecule has 3 aromatic rings. The lowest BCUT2D eigenvalue weighted by atomic mass is 9.96. The molecule has 0 saturated carbocycles. The van der Waals surface area contributed by atoms with Gasteiger partial charge in [-0.1, -0.05) is 31.2 Å². The first-order chi connectivity index (χ1) is 14.2. The fraction of sp³-hybridized carbons (Fsp3) is 0.391. The molecular formula is C23H27FN4O. The minimum atomic E-state index is -0.229. The van der Waals surface area contributed by atoms with E-state index in [1.165, 1.54) is 6.07 Å². The molecule has 2 aromatic carbocycles. The molecule has 0 bridgehead atoms. The number of para-hydroxylation sites is 2. The Hall–Kier alpha value is -2.89. The van der Waals surface area contributed by atoms with Gasteiger partial charge < -0.3 is 14.8 Å². The summed E-state index contributed by atoms with van der Waals surface area (Å²) in [5, 5.41) is 3.01. The van der Waals surface area contributed by atoms with Crippen LogP contribution in [-0.4, -0.2) is 35.1 Å². The molecular weight excluding hydrogens is 367 g/mol. The number of piperidine rings is 1. The van der Waals surface area contributed by atoms with Crippen LogP contribution in [0.4, 0.5) is 10.3 Å². The van der Waals surface area contributed by atoms with Gasteiger partial charge in [-0.3, -0.25) is 4.79 Å². The predicted molar refractivity (Wildman–Crippen MR) is 113 cm³/mol. The second-order valence-corrected chi connectivity index (χ2v) is 7.67. The van der Waals surface area contributed by atoms with Crippen molar-refractivity contribution in [1.29, 1.82) is 0 Å². The Labute approximate surface area is 170 Å². The minimum absolute atomic E-state index is 0.0684. The van der Waals surface area contributed by atoms with Crippen LogP contribution < -0.4 is 10.2 Å². The first-order valence-corrected chi connectivity index (χ1v) is 10.4. The third kappa shape index (κ3) is 4.26. The lowest BCUT2D eigenvalue weighted by molar-refractivity contribution is -0.125. The van der Waals surface area contributed by atoms with Gasteiger partial charge >= 0.3 is 0 Å². The number of halogens is 1. The highest BCUT2D eigenvalue weighted by Gasteiger charge is 2.27. The fourth-order valence-corrected chi connectivity index (χ4v) is 4.01. The van der Waals surface area contributed by atoms with Crippen molar-refractivity contribution >= 4 is 22.9 Å². The number of rotatable bonds is 6. The minimum Gasteiger partial charge on any atom is -0.356 e. The zero-order valence-corrected chi connectivity index (χ0v) is 16.8. The van der Waals surface area contributed by atoms with E-state index in [2.05, 4.69) is 27.8 Å². The normalized spacial score (nSPS) is 15.0. The maximum Gasteiger partial charge on any atom is 0.223 e. The standard InChI is InChI=1S/C23H27FN4O/c1-2-12-25-22(29)18-10-13-27(14-11-18)23-26-20-8-3-4-9-21(20)28(23)16-17-6-5-7-19(24)15-17/h3-9,15,18H,2,10-14,16H2,1H3,(H,25,29). The van der Waals surface area contributed by atoms with E-state index >= 15 is 0 Å². The highest BCUT2D eigenvalue weighted by molar-refractivity contribution is 5.80. The molecule has 0 aliphatic carbocycles. The Kier molecular flexibility index (Phi) is 5.79. The summed E-state index contributed by atoms with van der Waals surface area (Å²) in [6, 6.07) is 14.8. The van der Waals surface area contributed by atoms with Crippen molar-refractivity contribution in [3.63, 3.8) is 0 Å². The molecule has 1 amide bonds. The summed E-state index contributed by atoms with van der Waals surface area (Å²) in [6.07, 6.45) is 2.59. The van der Waals surface area contributed by atoms with Crippen molar-refractivity contribution in [1.82, 2.24) is 14.9 Å². The third-order valence-electron chi connectivity index (χ3n) is 5.56. The van der Waals surface area contributed by atoms with Crippen molar-refractivity contribution in [2.45, 2.75) is 32.7 Å². The zero-order chi connectivity index (χ0) is 20.2. The van der Waals surface area contributed by atoms with Crippen LogP contribution in [0, 0.1) is 11.7 Å². The molecule has 0 radical (unpaired) electrons. The molecule has 5 nitrogen and oxygen atoms in total. The molecule has 1 aliphatic rings. The van der Waals surface area contributed by atoms with Crippen molar-refractivity contribution in [3.05, 3.63) is 59.9 Å². The van der Waals surface area contributed by atoms with E-state index in [0.29, 0.717) is 6.54 Å². The SMILES string of the molecule is CCCNC(=O)C1CCN(c2nc3ccccc3n2Cc2cccc(F)c2)CC1. The fourth-order valence-electron chi connectivity index (χ4n) is 4.01. The average Bonchev–Trinajstić information content (AvgIpc) is 3.10. The van der Waals surface area contributed by atoms with Crippen LogP contribution in [-0.2, 0) is 11.3 Å². The smallest absolute Gasteiger partial charge is 0.223 e. The zero-order valence-electron chi connectivity index (χ0n) is 16.8. The van der Waals surface area contributed by atoms with E-state index in [9.17, 15) is 9.18 Å². The van der Waals surface area contributed by atoms with Gasteiger partial charge in [0.05, 0.1) is 17.6 Å². The Balaban J connectivity index is 1.57. The lowest BCUT2D eigenvalue weighted by Gasteiger charge is -2.32. The summed E-state index contributed by atoms with van der Waals surface area (Å²) in [5.74, 6) is 0.897. The maximum absolute atomic E-state index is 13.7. The molecule has 0 spiro atoms. The number of carbonyl (C=O) groups excluding carboxylic acids is 1. The van der Waals surface area contributed by atoms with E-state index < -0.39 is 0 Å². The number of amides is 1. The number of nitrogens with zero attached hydrogens (tertiary/aromatic N) is 3. The molecule has 6 heteroatoms. The van der Waals surface area contributed by atoms with Gasteiger partial charge in [0.1, 0.15) is 5.82 Å². The number of aromatic nitrogens is 2. The van der Waals surface area contributed by atoms with Crippen LogP contribution in [0.5, 0.6) is 0 Å². The van der Waals surface area contributed by atoms with E-state index in [0.717, 1.165) is 61.4 Å². The molecule has 1 fully saturated rings. The largest absolute Gasteiger partial charge is 0.356 e. The summed E-state index contributed by atoms with van der Waals surface area (Å²) in [5.41, 5.74) is 2.87. The molecule has 1 N–H and O–H groups in total. The molecule has 1 aliphatic heterocycles. The van der Waals surface area contributed by atoms with Crippen molar-refractivity contribution < 1.29 is 9.18 Å². The topological polar surface area (TPSA) is 50.2 Å². The molecule has 0 atom stereocenters. The monoisotopic (exact) mass is 394 g/mol. The van der Waals surface area contributed by atoms with E-state index in [1.54, 1.807) is 12.1 Å². The quantitative estimate of drug-likeness (QED) is 0.688. The first kappa shape index (κ1) is 19.4. The van der Waals surface area contributed by atoms with Gasteiger partial charge in [0.25, 0.3) is 0 Å². The number of benzene rings is 2. The van der Waals surface area contributed by atoms with Crippen molar-refractivity contribution in [2.75, 3.05) is 24.5 Å². The van der Waals surface area contributed by atoms with Gasteiger partial charge in [-0.15, -0.1) is 0 Å². The predicted octanol–water partition coefficient (Wildman–Crippen LogP) is 3.97. The molecule has 4 rings (SSSR count). The summed E-state index contributed by atoms with van der Waals surface area (Å²) >= 11 is 0. The molecule has 2 heterocycles. The molecule has 0 unspecified atom stereocenters. The van der Waals surface area contributed by atoms with Crippen LogP contribution >= 0.6 is 0 Å². The summed E-state index contributed by atoms with van der Waals surface area (Å²) in [4.78, 5) is 19.4. The third-order valence-corrected chi connectivity index (χ3v) is 5.56. The van der Waals surface area contributed by atoms with Gasteiger partial charge in [0.2, 0.25) is 11.9 Å². The second-order valence-electron chi connectivity index (χ2n) is 7.67. The molecule has 1 aromatic heterocycles. The van der Waals surface area contributed by atoms with Gasteiger partial charge in [-0.25, -0.2) is 9.37 Å². The Morgan fingerprint density at radius 1 is 1.17 bits per heavy atom. The van der Waals surface area contributed by atoms with Crippen LogP contribution in [0.1, 0.15) is 31.7 Å². The van der Waals surface area contributed by atoms with Crippen molar-refractivity contribution in [2.24, 2.45) is 5.92 Å². The maximum atomic E-state index is 13.7. The van der Waals surface area contributed by atoms with E-state index in [1.807, 2.05) is 24.3 Å². The van der Waals surface area contributed by atoms with Gasteiger partial charge in [-0.2, -0.15) is 0 Å². The number of anilines is 1. The van der Waals surface area contributed by atoms with E-state index in [-0.39, 0.29) is 17.6 Å². The first-order valence-electron chi connectivity index (χ1n) is 10.4. The van der Waals surface area contributed by atoms with Crippen LogP contribution in [0.3, 0.4) is 0 Å². The number of hydrogen-bond donors (Lipinski definition) is 1. The summed E-state index contributed by atoms with van der Waals surface area (Å²) in [6.45, 7) is 4.94. The molecule has 1 saturated heterocycles.